The summed E-state index contributed by atoms with van der Waals surface area (Å²) in [5.41, 5.74) is 11.1. The second kappa shape index (κ2) is 10.4. The third-order valence-electron chi connectivity index (χ3n) is 10.6. The van der Waals surface area contributed by atoms with Gasteiger partial charge in [0.2, 0.25) is 0 Å². The molecule has 0 atom stereocenters. The number of rotatable bonds is 3. The molecule has 3 nitrogen and oxygen atoms in total. The number of hydrogen-bond donors (Lipinski definition) is 0. The number of nitrogens with zero attached hydrogens (tertiary/aromatic N) is 3. The molecule has 8 aromatic carbocycles. The Labute approximate surface area is 284 Å². The maximum Gasteiger partial charge on any atom is 0.162 e. The van der Waals surface area contributed by atoms with Gasteiger partial charge in [-0.05, 0) is 118 Å². The first kappa shape index (κ1) is 27.9. The maximum absolute atomic E-state index is 4.54. The van der Waals surface area contributed by atoms with Crippen LogP contribution in [0.25, 0.3) is 87.9 Å². The van der Waals surface area contributed by atoms with Crippen LogP contribution >= 0.6 is 0 Å². The number of benzene rings is 8. The quantitative estimate of drug-likeness (QED) is 0.183. The van der Waals surface area contributed by atoms with Gasteiger partial charge >= 0.3 is 0 Å². The lowest BCUT2D eigenvalue weighted by atomic mass is 9.79. The predicted molar refractivity (Wildman–Crippen MR) is 204 cm³/mol. The van der Waals surface area contributed by atoms with Gasteiger partial charge in [-0.25, -0.2) is 15.0 Å². The summed E-state index contributed by atoms with van der Waals surface area (Å²) in [6.07, 6.45) is 3.14. The average Bonchev–Trinajstić information content (AvgIpc) is 3.38. The molecule has 1 aliphatic rings. The van der Waals surface area contributed by atoms with Crippen LogP contribution in [-0.2, 0) is 5.41 Å². The summed E-state index contributed by atoms with van der Waals surface area (Å²) >= 11 is 0. The largest absolute Gasteiger partial charge is 0.225 e. The molecule has 0 saturated carbocycles. The maximum atomic E-state index is 4.54. The van der Waals surface area contributed by atoms with E-state index >= 15 is 0 Å². The summed E-state index contributed by atoms with van der Waals surface area (Å²) in [7, 11) is 0. The van der Waals surface area contributed by atoms with E-state index in [9.17, 15) is 0 Å². The van der Waals surface area contributed by atoms with Crippen molar-refractivity contribution in [1.82, 2.24) is 15.0 Å². The van der Waals surface area contributed by atoms with Crippen molar-refractivity contribution >= 4 is 43.1 Å². The monoisotopic (exact) mass is 625 g/mol. The van der Waals surface area contributed by atoms with E-state index < -0.39 is 0 Å². The Morgan fingerprint density at radius 1 is 0.408 bits per heavy atom. The third kappa shape index (κ3) is 4.19. The van der Waals surface area contributed by atoms with Gasteiger partial charge in [-0.1, -0.05) is 123 Å². The molecule has 230 valence electrons. The van der Waals surface area contributed by atoms with Crippen molar-refractivity contribution in [2.45, 2.75) is 19.3 Å². The lowest BCUT2D eigenvalue weighted by Gasteiger charge is -2.24. The van der Waals surface area contributed by atoms with Crippen LogP contribution in [0.2, 0.25) is 0 Å². The Balaban J connectivity index is 1.40. The van der Waals surface area contributed by atoms with Crippen molar-refractivity contribution in [3.63, 3.8) is 0 Å². The molecule has 3 heteroatoms. The van der Waals surface area contributed by atoms with E-state index in [0.29, 0.717) is 5.82 Å². The third-order valence-corrected chi connectivity index (χ3v) is 10.6. The van der Waals surface area contributed by atoms with Gasteiger partial charge in [0.05, 0.1) is 0 Å². The molecule has 1 heterocycles. The second-order valence-electron chi connectivity index (χ2n) is 13.7. The molecule has 0 spiro atoms. The zero-order valence-corrected chi connectivity index (χ0v) is 27.3. The van der Waals surface area contributed by atoms with E-state index in [-0.39, 0.29) is 5.41 Å². The first-order valence-corrected chi connectivity index (χ1v) is 16.8. The van der Waals surface area contributed by atoms with E-state index in [2.05, 4.69) is 168 Å². The van der Waals surface area contributed by atoms with Gasteiger partial charge in [-0.3, -0.25) is 0 Å². The minimum atomic E-state index is -0.133. The van der Waals surface area contributed by atoms with E-state index in [4.69, 9.17) is 0 Å². The highest BCUT2D eigenvalue weighted by Crippen LogP contribution is 2.53. The molecule has 0 bridgehead atoms. The zero-order valence-electron chi connectivity index (χ0n) is 27.3. The van der Waals surface area contributed by atoms with Crippen LogP contribution in [-0.4, -0.2) is 15.0 Å². The van der Waals surface area contributed by atoms with Crippen LogP contribution in [0.1, 0.15) is 25.0 Å². The van der Waals surface area contributed by atoms with Crippen molar-refractivity contribution in [2.75, 3.05) is 0 Å². The van der Waals surface area contributed by atoms with Gasteiger partial charge in [0.1, 0.15) is 12.7 Å². The summed E-state index contributed by atoms with van der Waals surface area (Å²) in [6, 6.07) is 51.6. The van der Waals surface area contributed by atoms with Gasteiger partial charge in [0.15, 0.2) is 5.82 Å². The van der Waals surface area contributed by atoms with Crippen LogP contribution < -0.4 is 0 Å². The van der Waals surface area contributed by atoms with Crippen LogP contribution in [0.5, 0.6) is 0 Å². The van der Waals surface area contributed by atoms with Crippen molar-refractivity contribution in [3.05, 3.63) is 163 Å². The molecule has 1 aromatic heterocycles. The van der Waals surface area contributed by atoms with Gasteiger partial charge in [-0.2, -0.15) is 0 Å². The zero-order chi connectivity index (χ0) is 32.7. The summed E-state index contributed by atoms with van der Waals surface area (Å²) in [6.45, 7) is 4.73. The number of fused-ring (bicyclic) bond motifs is 7. The molecule has 0 N–H and O–H groups in total. The van der Waals surface area contributed by atoms with E-state index in [1.807, 2.05) is 0 Å². The molecular weight excluding hydrogens is 595 g/mol. The SMILES string of the molecule is CC1(C)c2ccccc2-c2cc3c(-c4ccc5ccccc5c4)c4ccc(-c5ncncn5)cc4c(-c4ccc5ccccc5c4)c3cc21. The Hall–Kier alpha value is -6.19. The lowest BCUT2D eigenvalue weighted by molar-refractivity contribution is 0.661. The predicted octanol–water partition coefficient (Wildman–Crippen LogP) is 11.8. The molecule has 9 aromatic rings. The van der Waals surface area contributed by atoms with Gasteiger partial charge in [-0.15, -0.1) is 0 Å². The second-order valence-corrected chi connectivity index (χ2v) is 13.7. The Kier molecular flexibility index (Phi) is 5.92. The minimum absolute atomic E-state index is 0.133. The van der Waals surface area contributed by atoms with Crippen molar-refractivity contribution < 1.29 is 0 Å². The molecule has 10 rings (SSSR count). The Bertz CT molecular complexity index is 2800. The molecule has 49 heavy (non-hydrogen) atoms. The molecule has 0 saturated heterocycles. The van der Waals surface area contributed by atoms with Crippen LogP contribution in [0, 0.1) is 0 Å². The molecule has 0 radical (unpaired) electrons. The molecule has 0 fully saturated rings. The van der Waals surface area contributed by atoms with Crippen LogP contribution in [0.3, 0.4) is 0 Å². The average molecular weight is 626 g/mol. The summed E-state index contributed by atoms with van der Waals surface area (Å²) in [5, 5.41) is 9.81. The van der Waals surface area contributed by atoms with E-state index in [0.717, 1.165) is 5.56 Å². The van der Waals surface area contributed by atoms with Crippen molar-refractivity contribution in [2.24, 2.45) is 0 Å². The van der Waals surface area contributed by atoms with E-state index in [1.54, 1.807) is 12.7 Å². The molecule has 0 amide bonds. The molecular formula is C46H31N3. The highest BCUT2D eigenvalue weighted by Gasteiger charge is 2.36. The van der Waals surface area contributed by atoms with Gasteiger partial charge in [0, 0.05) is 11.0 Å². The van der Waals surface area contributed by atoms with E-state index in [1.165, 1.54) is 87.6 Å². The standard InChI is InChI=1S/C46H31N3/c1-46(2)41-14-8-7-13-35(41)37-24-39-40(25-42(37)46)44(33-18-16-29-10-4-6-12-31(29)22-33)38-23-34(45-48-26-47-27-49-45)19-20-36(38)43(39)32-17-15-28-9-3-5-11-30(28)21-32/h3-27H,1-2H3. The summed E-state index contributed by atoms with van der Waals surface area (Å²) in [4.78, 5) is 13.2. The fraction of sp³-hybridized carbons (Fsp3) is 0.0652. The normalized spacial score (nSPS) is 13.3. The summed E-state index contributed by atoms with van der Waals surface area (Å²) in [5.74, 6) is 0.666. The highest BCUT2D eigenvalue weighted by atomic mass is 15.0. The topological polar surface area (TPSA) is 38.7 Å². The van der Waals surface area contributed by atoms with Crippen molar-refractivity contribution in [3.8, 4) is 44.8 Å². The first-order chi connectivity index (χ1) is 24.0. The van der Waals surface area contributed by atoms with Gasteiger partial charge in [0.25, 0.3) is 0 Å². The Morgan fingerprint density at radius 2 is 0.959 bits per heavy atom. The minimum Gasteiger partial charge on any atom is -0.225 e. The number of hydrogen-bond acceptors (Lipinski definition) is 3. The number of aromatic nitrogens is 3. The van der Waals surface area contributed by atoms with Crippen molar-refractivity contribution in [1.29, 1.82) is 0 Å². The fourth-order valence-electron chi connectivity index (χ4n) is 8.26. The van der Waals surface area contributed by atoms with Crippen LogP contribution in [0.4, 0.5) is 0 Å². The Morgan fingerprint density at radius 3 is 1.65 bits per heavy atom. The molecule has 1 aliphatic carbocycles. The fourth-order valence-corrected chi connectivity index (χ4v) is 8.26. The smallest absolute Gasteiger partial charge is 0.162 e. The lowest BCUT2D eigenvalue weighted by Crippen LogP contribution is -2.14. The highest BCUT2D eigenvalue weighted by molar-refractivity contribution is 6.23. The van der Waals surface area contributed by atoms with Gasteiger partial charge < -0.3 is 0 Å². The van der Waals surface area contributed by atoms with Crippen LogP contribution in [0.15, 0.2) is 152 Å². The molecule has 0 unspecified atom stereocenters. The first-order valence-electron chi connectivity index (χ1n) is 16.8. The molecule has 0 aliphatic heterocycles. The summed E-state index contributed by atoms with van der Waals surface area (Å²) < 4.78 is 0.